The second-order valence-corrected chi connectivity index (χ2v) is 4.27. The summed E-state index contributed by atoms with van der Waals surface area (Å²) in [7, 11) is 4.09. The van der Waals surface area contributed by atoms with Crippen LogP contribution < -0.4 is 5.32 Å². The number of hydrogen-bond acceptors (Lipinski definition) is 2. The standard InChI is InChI=1S/C11H19N3/c1-12-10(8-9-4-3-5-9)11-13-6-7-14(11)2/h6-7,9-10,12H,3-5,8H2,1-2H3. The summed E-state index contributed by atoms with van der Waals surface area (Å²) in [6.07, 6.45) is 9.36. The zero-order valence-electron chi connectivity index (χ0n) is 9.03. The van der Waals surface area contributed by atoms with Gasteiger partial charge in [-0.15, -0.1) is 0 Å². The van der Waals surface area contributed by atoms with Gasteiger partial charge < -0.3 is 9.88 Å². The van der Waals surface area contributed by atoms with E-state index in [9.17, 15) is 0 Å². The van der Waals surface area contributed by atoms with E-state index in [1.165, 1.54) is 31.5 Å². The first kappa shape index (κ1) is 9.71. The average Bonchev–Trinajstić information content (AvgIpc) is 2.51. The van der Waals surface area contributed by atoms with Crippen LogP contribution in [0.25, 0.3) is 0 Å². The summed E-state index contributed by atoms with van der Waals surface area (Å²) in [4.78, 5) is 4.40. The van der Waals surface area contributed by atoms with Crippen LogP contribution in [0, 0.1) is 5.92 Å². The first-order valence-corrected chi connectivity index (χ1v) is 5.45. The lowest BCUT2D eigenvalue weighted by Crippen LogP contribution is -2.25. The summed E-state index contributed by atoms with van der Waals surface area (Å²) in [5.41, 5.74) is 0. The van der Waals surface area contributed by atoms with E-state index in [1.54, 1.807) is 0 Å². The highest BCUT2D eigenvalue weighted by atomic mass is 15.1. The van der Waals surface area contributed by atoms with Crippen LogP contribution in [0.1, 0.15) is 37.5 Å². The largest absolute Gasteiger partial charge is 0.337 e. The summed E-state index contributed by atoms with van der Waals surface area (Å²) >= 11 is 0. The summed E-state index contributed by atoms with van der Waals surface area (Å²) < 4.78 is 2.11. The zero-order chi connectivity index (χ0) is 9.97. The molecule has 1 aliphatic carbocycles. The predicted octanol–water partition coefficient (Wildman–Crippen LogP) is 1.87. The van der Waals surface area contributed by atoms with Gasteiger partial charge in [0, 0.05) is 19.4 Å². The lowest BCUT2D eigenvalue weighted by Gasteiger charge is -2.29. The lowest BCUT2D eigenvalue weighted by molar-refractivity contribution is 0.260. The number of aromatic nitrogens is 2. The molecule has 0 bridgehead atoms. The molecule has 0 spiro atoms. The summed E-state index contributed by atoms with van der Waals surface area (Å²) in [5.74, 6) is 2.09. The van der Waals surface area contributed by atoms with Crippen molar-refractivity contribution < 1.29 is 0 Å². The molecule has 1 N–H and O–H groups in total. The summed E-state index contributed by atoms with van der Waals surface area (Å²) in [5, 5.41) is 3.36. The van der Waals surface area contributed by atoms with Gasteiger partial charge in [0.05, 0.1) is 6.04 Å². The molecule has 0 radical (unpaired) electrons. The Bertz CT molecular complexity index is 288. The van der Waals surface area contributed by atoms with E-state index >= 15 is 0 Å². The van der Waals surface area contributed by atoms with Crippen molar-refractivity contribution in [1.29, 1.82) is 0 Å². The normalized spacial score (nSPS) is 19.3. The molecule has 1 heterocycles. The Morgan fingerprint density at radius 2 is 2.43 bits per heavy atom. The monoisotopic (exact) mass is 193 g/mol. The minimum absolute atomic E-state index is 0.431. The summed E-state index contributed by atoms with van der Waals surface area (Å²) in [6, 6.07) is 0.431. The van der Waals surface area contributed by atoms with E-state index in [0.717, 1.165) is 5.92 Å². The molecule has 0 aliphatic heterocycles. The van der Waals surface area contributed by atoms with Gasteiger partial charge in [-0.05, 0) is 19.4 Å². The molecule has 1 saturated carbocycles. The fourth-order valence-electron chi connectivity index (χ4n) is 2.13. The van der Waals surface area contributed by atoms with Gasteiger partial charge in [0.2, 0.25) is 0 Å². The van der Waals surface area contributed by atoms with Crippen molar-refractivity contribution in [3.05, 3.63) is 18.2 Å². The first-order valence-electron chi connectivity index (χ1n) is 5.45. The third-order valence-electron chi connectivity index (χ3n) is 3.31. The van der Waals surface area contributed by atoms with Gasteiger partial charge in [0.15, 0.2) is 0 Å². The van der Waals surface area contributed by atoms with Gasteiger partial charge in [-0.25, -0.2) is 4.98 Å². The molecule has 0 aromatic carbocycles. The van der Waals surface area contributed by atoms with Crippen LogP contribution in [0.5, 0.6) is 0 Å². The maximum atomic E-state index is 4.40. The maximum absolute atomic E-state index is 4.40. The molecule has 3 heteroatoms. The molecule has 0 saturated heterocycles. The Labute approximate surface area is 85.5 Å². The van der Waals surface area contributed by atoms with E-state index in [-0.39, 0.29) is 0 Å². The van der Waals surface area contributed by atoms with Crippen molar-refractivity contribution in [3.8, 4) is 0 Å². The van der Waals surface area contributed by atoms with E-state index in [2.05, 4.69) is 21.9 Å². The third-order valence-corrected chi connectivity index (χ3v) is 3.31. The molecule has 1 fully saturated rings. The number of imidazole rings is 1. The van der Waals surface area contributed by atoms with Crippen LogP contribution in [0.3, 0.4) is 0 Å². The Morgan fingerprint density at radius 1 is 1.64 bits per heavy atom. The van der Waals surface area contributed by atoms with Gasteiger partial charge >= 0.3 is 0 Å². The van der Waals surface area contributed by atoms with Crippen LogP contribution in [-0.2, 0) is 7.05 Å². The van der Waals surface area contributed by atoms with Gasteiger partial charge in [0.1, 0.15) is 5.82 Å². The van der Waals surface area contributed by atoms with E-state index in [1.807, 2.05) is 19.4 Å². The number of nitrogens with one attached hydrogen (secondary N) is 1. The SMILES string of the molecule is CNC(CC1CCC1)c1nccn1C. The van der Waals surface area contributed by atoms with Crippen LogP contribution in [0.4, 0.5) is 0 Å². The van der Waals surface area contributed by atoms with Crippen LogP contribution in [0.2, 0.25) is 0 Å². The van der Waals surface area contributed by atoms with Gasteiger partial charge in [0.25, 0.3) is 0 Å². The van der Waals surface area contributed by atoms with E-state index in [0.29, 0.717) is 6.04 Å². The number of nitrogens with zero attached hydrogens (tertiary/aromatic N) is 2. The molecule has 0 amide bonds. The van der Waals surface area contributed by atoms with E-state index < -0.39 is 0 Å². The van der Waals surface area contributed by atoms with Gasteiger partial charge in [-0.1, -0.05) is 19.3 Å². The fourth-order valence-corrected chi connectivity index (χ4v) is 2.13. The van der Waals surface area contributed by atoms with Crippen molar-refractivity contribution in [3.63, 3.8) is 0 Å². The molecule has 2 rings (SSSR count). The average molecular weight is 193 g/mol. The van der Waals surface area contributed by atoms with Gasteiger partial charge in [-0.2, -0.15) is 0 Å². The van der Waals surface area contributed by atoms with Crippen LogP contribution >= 0.6 is 0 Å². The minimum Gasteiger partial charge on any atom is -0.337 e. The quantitative estimate of drug-likeness (QED) is 0.791. The third kappa shape index (κ3) is 1.82. The topological polar surface area (TPSA) is 29.9 Å². The van der Waals surface area contributed by atoms with Crippen molar-refractivity contribution in [1.82, 2.24) is 14.9 Å². The molecule has 1 aromatic rings. The predicted molar refractivity (Wildman–Crippen MR) is 57.0 cm³/mol. The number of rotatable bonds is 4. The van der Waals surface area contributed by atoms with Crippen molar-refractivity contribution >= 4 is 0 Å². The maximum Gasteiger partial charge on any atom is 0.125 e. The fraction of sp³-hybridized carbons (Fsp3) is 0.727. The summed E-state index contributed by atoms with van der Waals surface area (Å²) in [6.45, 7) is 0. The minimum atomic E-state index is 0.431. The van der Waals surface area contributed by atoms with E-state index in [4.69, 9.17) is 0 Å². The first-order chi connectivity index (χ1) is 6.81. The zero-order valence-corrected chi connectivity index (χ0v) is 9.03. The molecule has 14 heavy (non-hydrogen) atoms. The van der Waals surface area contributed by atoms with Crippen molar-refractivity contribution in [2.45, 2.75) is 31.7 Å². The molecule has 1 unspecified atom stereocenters. The highest BCUT2D eigenvalue weighted by Crippen LogP contribution is 2.33. The molecule has 78 valence electrons. The molecule has 1 atom stereocenters. The molecular formula is C11H19N3. The number of hydrogen-bond donors (Lipinski definition) is 1. The Balaban J connectivity index is 2.01. The second-order valence-electron chi connectivity index (χ2n) is 4.27. The van der Waals surface area contributed by atoms with Gasteiger partial charge in [-0.3, -0.25) is 0 Å². The highest BCUT2D eigenvalue weighted by molar-refractivity contribution is 4.99. The smallest absolute Gasteiger partial charge is 0.125 e. The number of aryl methyl sites for hydroxylation is 1. The highest BCUT2D eigenvalue weighted by Gasteiger charge is 2.23. The lowest BCUT2D eigenvalue weighted by atomic mass is 9.81. The Hall–Kier alpha value is -0.830. The molecule has 1 aromatic heterocycles. The van der Waals surface area contributed by atoms with Crippen molar-refractivity contribution in [2.75, 3.05) is 7.05 Å². The van der Waals surface area contributed by atoms with Crippen molar-refractivity contribution in [2.24, 2.45) is 13.0 Å². The second kappa shape index (κ2) is 4.13. The van der Waals surface area contributed by atoms with Crippen LogP contribution in [0.15, 0.2) is 12.4 Å². The molecule has 1 aliphatic rings. The molecular weight excluding hydrogens is 174 g/mol. The Kier molecular flexibility index (Phi) is 2.87. The molecule has 3 nitrogen and oxygen atoms in total. The Morgan fingerprint density at radius 3 is 2.86 bits per heavy atom. The van der Waals surface area contributed by atoms with Crippen LogP contribution in [-0.4, -0.2) is 16.6 Å².